The monoisotopic (exact) mass is 422 g/mol. The number of rotatable bonds is 5. The Bertz CT molecular complexity index is 823. The van der Waals surface area contributed by atoms with E-state index < -0.39 is 24.5 Å². The number of esters is 1. The molecular weight excluding hydrogens is 408 g/mol. The van der Waals surface area contributed by atoms with E-state index in [9.17, 15) is 19.5 Å². The summed E-state index contributed by atoms with van der Waals surface area (Å²) in [6, 6.07) is 9.91. The minimum absolute atomic E-state index is 0.102. The van der Waals surface area contributed by atoms with Crippen molar-refractivity contribution in [2.75, 3.05) is 19.0 Å². The van der Waals surface area contributed by atoms with E-state index in [0.717, 1.165) is 0 Å². The normalized spacial score (nSPS) is 9.92. The van der Waals surface area contributed by atoms with Crippen molar-refractivity contribution in [3.8, 4) is 11.5 Å². The molecule has 0 aromatic heterocycles. The fourth-order valence-electron chi connectivity index (χ4n) is 1.88. The minimum Gasteiger partial charge on any atom is -0.507 e. The standard InChI is InChI=1S/C17H15BrN2O6/c1-25-12-5-3-11(4-6-12)19-17(24)20-15(22)9-26-16(23)13-8-10(18)2-7-14(13)21/h2-8,21H,9H2,1H3,(H2,19,20,22,24). The van der Waals surface area contributed by atoms with Gasteiger partial charge in [0.05, 0.1) is 7.11 Å². The van der Waals surface area contributed by atoms with Crippen LogP contribution in [0.5, 0.6) is 11.5 Å². The van der Waals surface area contributed by atoms with Gasteiger partial charge >= 0.3 is 12.0 Å². The van der Waals surface area contributed by atoms with Gasteiger partial charge in [0.15, 0.2) is 6.61 Å². The molecule has 3 amide bonds. The summed E-state index contributed by atoms with van der Waals surface area (Å²) in [5.41, 5.74) is 0.349. The smallest absolute Gasteiger partial charge is 0.342 e. The van der Waals surface area contributed by atoms with E-state index in [-0.39, 0.29) is 11.3 Å². The molecule has 0 heterocycles. The molecule has 2 aromatic rings. The lowest BCUT2D eigenvalue weighted by atomic mass is 10.2. The third kappa shape index (κ3) is 5.49. The second kappa shape index (κ2) is 8.86. The third-order valence-electron chi connectivity index (χ3n) is 3.11. The molecule has 0 aliphatic heterocycles. The lowest BCUT2D eigenvalue weighted by Gasteiger charge is -2.09. The Balaban J connectivity index is 1.83. The lowest BCUT2D eigenvalue weighted by Crippen LogP contribution is -2.37. The minimum atomic E-state index is -0.894. The van der Waals surface area contributed by atoms with Crippen LogP contribution in [0.15, 0.2) is 46.9 Å². The summed E-state index contributed by atoms with van der Waals surface area (Å²) in [7, 11) is 1.52. The Hall–Kier alpha value is -3.07. The number of carbonyl (C=O) groups is 3. The predicted octanol–water partition coefficient (Wildman–Crippen LogP) is 2.67. The Kier molecular flexibility index (Phi) is 6.56. The van der Waals surface area contributed by atoms with Gasteiger partial charge in [-0.3, -0.25) is 10.1 Å². The number of phenols is 1. The Morgan fingerprint density at radius 1 is 1.12 bits per heavy atom. The molecule has 0 saturated carbocycles. The van der Waals surface area contributed by atoms with Crippen molar-refractivity contribution in [3.05, 3.63) is 52.5 Å². The molecule has 0 bridgehead atoms. The molecule has 3 N–H and O–H groups in total. The number of nitrogens with one attached hydrogen (secondary N) is 2. The first-order chi connectivity index (χ1) is 12.4. The maximum Gasteiger partial charge on any atom is 0.342 e. The zero-order valence-corrected chi connectivity index (χ0v) is 15.2. The third-order valence-corrected chi connectivity index (χ3v) is 3.61. The first-order valence-corrected chi connectivity index (χ1v) is 8.09. The number of urea groups is 1. The van der Waals surface area contributed by atoms with Crippen molar-refractivity contribution in [2.24, 2.45) is 0 Å². The number of aromatic hydroxyl groups is 1. The van der Waals surface area contributed by atoms with Gasteiger partial charge in [0, 0.05) is 10.2 Å². The van der Waals surface area contributed by atoms with Crippen LogP contribution < -0.4 is 15.4 Å². The van der Waals surface area contributed by atoms with E-state index in [1.165, 1.54) is 19.2 Å². The SMILES string of the molecule is COc1ccc(NC(=O)NC(=O)COC(=O)c2cc(Br)ccc2O)cc1. The van der Waals surface area contributed by atoms with E-state index in [0.29, 0.717) is 15.9 Å². The number of amides is 3. The summed E-state index contributed by atoms with van der Waals surface area (Å²) in [4.78, 5) is 35.3. The van der Waals surface area contributed by atoms with Crippen LogP contribution in [0.3, 0.4) is 0 Å². The maximum absolute atomic E-state index is 11.9. The van der Waals surface area contributed by atoms with Gasteiger partial charge in [0.1, 0.15) is 17.1 Å². The molecule has 0 saturated heterocycles. The number of carbonyl (C=O) groups excluding carboxylic acids is 3. The summed E-state index contributed by atoms with van der Waals surface area (Å²) < 4.78 is 10.3. The number of halogens is 1. The van der Waals surface area contributed by atoms with Crippen LogP contribution in [0.25, 0.3) is 0 Å². The van der Waals surface area contributed by atoms with Gasteiger partial charge in [0.2, 0.25) is 0 Å². The van der Waals surface area contributed by atoms with Crippen LogP contribution in [0.1, 0.15) is 10.4 Å². The molecule has 0 spiro atoms. The van der Waals surface area contributed by atoms with Crippen molar-refractivity contribution in [3.63, 3.8) is 0 Å². The molecule has 0 fully saturated rings. The molecule has 2 rings (SSSR count). The Labute approximate surface area is 157 Å². The van der Waals surface area contributed by atoms with E-state index in [1.54, 1.807) is 30.3 Å². The van der Waals surface area contributed by atoms with Crippen molar-refractivity contribution in [1.29, 1.82) is 0 Å². The van der Waals surface area contributed by atoms with Crippen LogP contribution in [0.4, 0.5) is 10.5 Å². The summed E-state index contributed by atoms with van der Waals surface area (Å²) in [5, 5.41) is 14.1. The topological polar surface area (TPSA) is 114 Å². The number of imide groups is 1. The highest BCUT2D eigenvalue weighted by Crippen LogP contribution is 2.22. The van der Waals surface area contributed by atoms with Crippen molar-refractivity contribution < 1.29 is 29.0 Å². The van der Waals surface area contributed by atoms with Crippen molar-refractivity contribution in [1.82, 2.24) is 5.32 Å². The predicted molar refractivity (Wildman–Crippen MR) is 96.2 cm³/mol. The van der Waals surface area contributed by atoms with Crippen LogP contribution in [0.2, 0.25) is 0 Å². The van der Waals surface area contributed by atoms with Gasteiger partial charge in [-0.15, -0.1) is 0 Å². The number of hydrogen-bond acceptors (Lipinski definition) is 6. The number of ether oxygens (including phenoxy) is 2. The molecule has 0 aliphatic carbocycles. The number of methoxy groups -OCH3 is 1. The van der Waals surface area contributed by atoms with Crippen molar-refractivity contribution >= 4 is 39.5 Å². The molecule has 0 radical (unpaired) electrons. The second-order valence-electron chi connectivity index (χ2n) is 4.97. The van der Waals surface area contributed by atoms with Crippen LogP contribution >= 0.6 is 15.9 Å². The van der Waals surface area contributed by atoms with Crippen LogP contribution in [-0.4, -0.2) is 36.7 Å². The average Bonchev–Trinajstić information content (AvgIpc) is 2.62. The molecule has 9 heteroatoms. The fraction of sp³-hybridized carbons (Fsp3) is 0.118. The zero-order chi connectivity index (χ0) is 19.1. The number of anilines is 1. The molecular formula is C17H15BrN2O6. The molecule has 136 valence electrons. The fourth-order valence-corrected chi connectivity index (χ4v) is 2.24. The zero-order valence-electron chi connectivity index (χ0n) is 13.6. The first kappa shape index (κ1) is 19.3. The number of hydrogen-bond donors (Lipinski definition) is 3. The van der Waals surface area contributed by atoms with Gasteiger partial charge in [-0.2, -0.15) is 0 Å². The van der Waals surface area contributed by atoms with Gasteiger partial charge < -0.3 is 19.9 Å². The van der Waals surface area contributed by atoms with E-state index in [4.69, 9.17) is 9.47 Å². The van der Waals surface area contributed by atoms with E-state index in [2.05, 4.69) is 21.2 Å². The molecule has 0 aliphatic rings. The van der Waals surface area contributed by atoms with Gasteiger partial charge in [-0.25, -0.2) is 9.59 Å². The largest absolute Gasteiger partial charge is 0.507 e. The highest BCUT2D eigenvalue weighted by molar-refractivity contribution is 9.10. The quantitative estimate of drug-likeness (QED) is 0.638. The average molecular weight is 423 g/mol. The van der Waals surface area contributed by atoms with Gasteiger partial charge in [-0.1, -0.05) is 15.9 Å². The molecule has 0 atom stereocenters. The lowest BCUT2D eigenvalue weighted by molar-refractivity contribution is -0.123. The van der Waals surface area contributed by atoms with Crippen LogP contribution in [-0.2, 0) is 9.53 Å². The Morgan fingerprint density at radius 2 is 1.81 bits per heavy atom. The highest BCUT2D eigenvalue weighted by Gasteiger charge is 2.16. The van der Waals surface area contributed by atoms with E-state index >= 15 is 0 Å². The summed E-state index contributed by atoms with van der Waals surface area (Å²) in [6.45, 7) is -0.680. The molecule has 8 nitrogen and oxygen atoms in total. The van der Waals surface area contributed by atoms with Crippen molar-refractivity contribution in [2.45, 2.75) is 0 Å². The second-order valence-corrected chi connectivity index (χ2v) is 5.88. The Morgan fingerprint density at radius 3 is 2.46 bits per heavy atom. The number of phenolic OH excluding ortho intramolecular Hbond substituents is 1. The summed E-state index contributed by atoms with van der Waals surface area (Å²) >= 11 is 3.16. The number of benzene rings is 2. The summed E-state index contributed by atoms with van der Waals surface area (Å²) in [5.74, 6) is -1.38. The maximum atomic E-state index is 11.9. The summed E-state index contributed by atoms with van der Waals surface area (Å²) in [6.07, 6.45) is 0. The molecule has 0 unspecified atom stereocenters. The van der Waals surface area contributed by atoms with E-state index in [1.807, 2.05) is 5.32 Å². The van der Waals surface area contributed by atoms with Gasteiger partial charge in [-0.05, 0) is 42.5 Å². The first-order valence-electron chi connectivity index (χ1n) is 7.29. The molecule has 2 aromatic carbocycles. The van der Waals surface area contributed by atoms with Gasteiger partial charge in [0.25, 0.3) is 5.91 Å². The van der Waals surface area contributed by atoms with Crippen LogP contribution in [0, 0.1) is 0 Å². The molecule has 26 heavy (non-hydrogen) atoms. The highest BCUT2D eigenvalue weighted by atomic mass is 79.9.